The molecule has 0 spiro atoms. The Balaban J connectivity index is 2.14. The Labute approximate surface area is 102 Å². The third-order valence-corrected chi connectivity index (χ3v) is 2.91. The number of fused-ring (bicyclic) bond motifs is 1. The molecule has 0 saturated heterocycles. The van der Waals surface area contributed by atoms with Crippen LogP contribution in [0.4, 0.5) is 3.89 Å². The molecule has 1 aromatic carbocycles. The first-order valence-corrected chi connectivity index (χ1v) is 5.77. The molecule has 3 aromatic rings. The summed E-state index contributed by atoms with van der Waals surface area (Å²) >= 11 is 0.239. The van der Waals surface area contributed by atoms with Crippen LogP contribution in [0.15, 0.2) is 53.8 Å². The zero-order valence-electron chi connectivity index (χ0n) is 8.75. The largest absolute Gasteiger partial charge is 0.262 e. The molecule has 0 aliphatic carbocycles. The summed E-state index contributed by atoms with van der Waals surface area (Å²) in [6, 6.07) is 9.08. The normalized spacial score (nSPS) is 10.9. The zero-order chi connectivity index (χ0) is 11.7. The van der Waals surface area contributed by atoms with Crippen molar-refractivity contribution >= 4 is 23.1 Å². The van der Waals surface area contributed by atoms with Crippen molar-refractivity contribution in [2.24, 2.45) is 0 Å². The topological polar surface area (TPSA) is 30.7 Å². The molecular weight excluding hydrogens is 237 g/mol. The van der Waals surface area contributed by atoms with Gasteiger partial charge in [-0.1, -0.05) is 0 Å². The first-order chi connectivity index (χ1) is 8.36. The van der Waals surface area contributed by atoms with E-state index in [1.165, 1.54) is 0 Å². The van der Waals surface area contributed by atoms with Crippen LogP contribution in [0.1, 0.15) is 0 Å². The van der Waals surface area contributed by atoms with Gasteiger partial charge < -0.3 is 0 Å². The SMILES string of the molecule is FSc1ccc2nn(-c3cccnc3)cc2c1. The standard InChI is InChI=1S/C12H8FN3S/c13-17-11-3-4-12-9(6-11)8-16(15-12)10-2-1-5-14-7-10/h1-8H. The molecule has 5 heteroatoms. The number of pyridine rings is 1. The molecule has 0 atom stereocenters. The van der Waals surface area contributed by atoms with Crippen molar-refractivity contribution in [1.82, 2.24) is 14.8 Å². The Hall–Kier alpha value is -1.88. The fraction of sp³-hybridized carbons (Fsp3) is 0. The van der Waals surface area contributed by atoms with Gasteiger partial charge in [0.15, 0.2) is 0 Å². The highest BCUT2D eigenvalue weighted by molar-refractivity contribution is 7.94. The first kappa shape index (κ1) is 10.3. The smallest absolute Gasteiger partial charge is 0.0928 e. The Kier molecular flexibility index (Phi) is 2.53. The molecule has 0 aliphatic heterocycles. The summed E-state index contributed by atoms with van der Waals surface area (Å²) in [4.78, 5) is 4.63. The van der Waals surface area contributed by atoms with Crippen molar-refractivity contribution in [3.63, 3.8) is 0 Å². The van der Waals surface area contributed by atoms with E-state index in [0.29, 0.717) is 4.90 Å². The van der Waals surface area contributed by atoms with Gasteiger partial charge in [-0.05, 0) is 30.3 Å². The second kappa shape index (κ2) is 4.18. The van der Waals surface area contributed by atoms with E-state index in [-0.39, 0.29) is 12.1 Å². The molecule has 0 N–H and O–H groups in total. The van der Waals surface area contributed by atoms with Gasteiger partial charge in [-0.25, -0.2) is 4.68 Å². The lowest BCUT2D eigenvalue weighted by molar-refractivity contribution is 0.889. The first-order valence-electron chi connectivity index (χ1n) is 5.05. The number of hydrogen-bond donors (Lipinski definition) is 0. The molecule has 17 heavy (non-hydrogen) atoms. The molecule has 0 saturated carbocycles. The maximum absolute atomic E-state index is 12.5. The fourth-order valence-corrected chi connectivity index (χ4v) is 1.96. The van der Waals surface area contributed by atoms with Crippen LogP contribution in [0.3, 0.4) is 0 Å². The molecule has 3 nitrogen and oxygen atoms in total. The van der Waals surface area contributed by atoms with Crippen LogP contribution in [-0.4, -0.2) is 14.8 Å². The number of rotatable bonds is 2. The van der Waals surface area contributed by atoms with E-state index < -0.39 is 0 Å². The van der Waals surface area contributed by atoms with Crippen molar-refractivity contribution in [2.75, 3.05) is 0 Å². The fourth-order valence-electron chi connectivity index (χ4n) is 1.67. The van der Waals surface area contributed by atoms with Crippen LogP contribution < -0.4 is 0 Å². The van der Waals surface area contributed by atoms with E-state index in [4.69, 9.17) is 0 Å². The molecule has 0 amide bonds. The second-order valence-corrected chi connectivity index (χ2v) is 4.21. The van der Waals surface area contributed by atoms with Crippen molar-refractivity contribution < 1.29 is 3.89 Å². The van der Waals surface area contributed by atoms with Gasteiger partial charge in [0.05, 0.1) is 29.5 Å². The Morgan fingerprint density at radius 2 is 2.18 bits per heavy atom. The number of benzene rings is 1. The quantitative estimate of drug-likeness (QED) is 0.693. The van der Waals surface area contributed by atoms with E-state index in [2.05, 4.69) is 10.1 Å². The molecule has 0 unspecified atom stereocenters. The van der Waals surface area contributed by atoms with Gasteiger partial charge in [-0.3, -0.25) is 4.98 Å². The number of halogens is 1. The highest BCUT2D eigenvalue weighted by Crippen LogP contribution is 2.24. The average molecular weight is 245 g/mol. The number of hydrogen-bond acceptors (Lipinski definition) is 3. The summed E-state index contributed by atoms with van der Waals surface area (Å²) < 4.78 is 14.2. The van der Waals surface area contributed by atoms with E-state index in [9.17, 15) is 3.89 Å². The minimum Gasteiger partial charge on any atom is -0.262 e. The van der Waals surface area contributed by atoms with Crippen LogP contribution in [0.25, 0.3) is 16.6 Å². The van der Waals surface area contributed by atoms with Crippen molar-refractivity contribution in [3.8, 4) is 5.69 Å². The van der Waals surface area contributed by atoms with Crippen LogP contribution >= 0.6 is 12.1 Å². The second-order valence-electron chi connectivity index (χ2n) is 3.58. The molecule has 84 valence electrons. The minimum absolute atomic E-state index is 0.239. The summed E-state index contributed by atoms with van der Waals surface area (Å²) in [5, 5.41) is 5.32. The van der Waals surface area contributed by atoms with Crippen LogP contribution in [0, 0.1) is 0 Å². The third-order valence-electron chi connectivity index (χ3n) is 2.48. The van der Waals surface area contributed by atoms with Gasteiger partial charge in [0.1, 0.15) is 0 Å². The number of nitrogens with zero attached hydrogens (tertiary/aromatic N) is 3. The molecular formula is C12H8FN3S. The highest BCUT2D eigenvalue weighted by atomic mass is 32.2. The lowest BCUT2D eigenvalue weighted by Crippen LogP contribution is -1.93. The molecule has 2 aromatic heterocycles. The summed E-state index contributed by atoms with van der Waals surface area (Å²) in [6.07, 6.45) is 5.31. The minimum atomic E-state index is 0.239. The van der Waals surface area contributed by atoms with Gasteiger partial charge in [-0.15, -0.1) is 0 Å². The van der Waals surface area contributed by atoms with Gasteiger partial charge in [-0.2, -0.15) is 8.98 Å². The van der Waals surface area contributed by atoms with Crippen molar-refractivity contribution in [3.05, 3.63) is 48.9 Å². The lowest BCUT2D eigenvalue weighted by Gasteiger charge is -1.97. The van der Waals surface area contributed by atoms with Gasteiger partial charge >= 0.3 is 0 Å². The molecule has 0 radical (unpaired) electrons. The van der Waals surface area contributed by atoms with Crippen LogP contribution in [0.2, 0.25) is 0 Å². The molecule has 3 rings (SSSR count). The maximum Gasteiger partial charge on any atom is 0.0928 e. The van der Waals surface area contributed by atoms with E-state index in [1.54, 1.807) is 29.2 Å². The van der Waals surface area contributed by atoms with Crippen molar-refractivity contribution in [1.29, 1.82) is 0 Å². The highest BCUT2D eigenvalue weighted by Gasteiger charge is 2.04. The van der Waals surface area contributed by atoms with Crippen LogP contribution in [0.5, 0.6) is 0 Å². The number of aromatic nitrogens is 3. The summed E-state index contributed by atoms with van der Waals surface area (Å²) in [5.41, 5.74) is 1.73. The predicted octanol–water partition coefficient (Wildman–Crippen LogP) is 3.40. The van der Waals surface area contributed by atoms with Crippen LogP contribution in [-0.2, 0) is 0 Å². The molecule has 0 aliphatic rings. The third kappa shape index (κ3) is 1.89. The summed E-state index contributed by atoms with van der Waals surface area (Å²) in [5.74, 6) is 0. The zero-order valence-corrected chi connectivity index (χ0v) is 9.56. The van der Waals surface area contributed by atoms with Gasteiger partial charge in [0, 0.05) is 22.7 Å². The summed E-state index contributed by atoms with van der Waals surface area (Å²) in [6.45, 7) is 0. The van der Waals surface area contributed by atoms with Gasteiger partial charge in [0.25, 0.3) is 0 Å². The van der Waals surface area contributed by atoms with E-state index in [0.717, 1.165) is 16.6 Å². The molecule has 2 heterocycles. The Morgan fingerprint density at radius 1 is 1.24 bits per heavy atom. The average Bonchev–Trinajstić information content (AvgIpc) is 2.82. The lowest BCUT2D eigenvalue weighted by atomic mass is 10.3. The van der Waals surface area contributed by atoms with Gasteiger partial charge in [0.2, 0.25) is 0 Å². The van der Waals surface area contributed by atoms with E-state index >= 15 is 0 Å². The maximum atomic E-state index is 12.5. The predicted molar refractivity (Wildman–Crippen MR) is 65.8 cm³/mol. The monoisotopic (exact) mass is 245 g/mol. The Morgan fingerprint density at radius 3 is 2.94 bits per heavy atom. The van der Waals surface area contributed by atoms with Crippen molar-refractivity contribution in [2.45, 2.75) is 4.90 Å². The Bertz CT molecular complexity index is 651. The molecule has 0 bridgehead atoms. The summed E-state index contributed by atoms with van der Waals surface area (Å²) in [7, 11) is 0. The molecule has 0 fully saturated rings. The van der Waals surface area contributed by atoms with E-state index in [1.807, 2.05) is 24.4 Å².